The zero-order chi connectivity index (χ0) is 25.8. The molecule has 2 heterocycles. The Morgan fingerprint density at radius 3 is 2.59 bits per heavy atom. The number of rotatable bonds is 9. The number of unbranched alkanes of at least 4 members (excludes halogenated alkanes) is 1. The quantitative estimate of drug-likeness (QED) is 0.383. The van der Waals surface area contributed by atoms with Gasteiger partial charge in [-0.25, -0.2) is 14.7 Å². The van der Waals surface area contributed by atoms with Crippen molar-refractivity contribution in [3.8, 4) is 22.5 Å². The van der Waals surface area contributed by atoms with Crippen molar-refractivity contribution in [2.45, 2.75) is 45.6 Å². The molecule has 194 valence electrons. The highest BCUT2D eigenvalue weighted by atomic mass is 16.2. The van der Waals surface area contributed by atoms with Gasteiger partial charge in [0.25, 0.3) is 0 Å². The van der Waals surface area contributed by atoms with Crippen molar-refractivity contribution in [1.29, 1.82) is 0 Å². The Hall–Kier alpha value is -3.88. The van der Waals surface area contributed by atoms with Gasteiger partial charge in [0.2, 0.25) is 5.91 Å². The summed E-state index contributed by atoms with van der Waals surface area (Å²) in [5.41, 5.74) is 3.30. The lowest BCUT2D eigenvalue weighted by Crippen LogP contribution is -2.31. The lowest BCUT2D eigenvalue weighted by molar-refractivity contribution is -0.131. The molecule has 1 aliphatic carbocycles. The Balaban J connectivity index is 1.25. The first-order chi connectivity index (χ1) is 18.0. The third kappa shape index (κ3) is 5.93. The third-order valence-electron chi connectivity index (χ3n) is 7.14. The summed E-state index contributed by atoms with van der Waals surface area (Å²) >= 11 is 0. The molecule has 9 heteroatoms. The van der Waals surface area contributed by atoms with E-state index >= 15 is 0 Å². The molecule has 0 unspecified atom stereocenters. The topological polar surface area (TPSA) is 112 Å². The molecule has 0 radical (unpaired) electrons. The fourth-order valence-electron chi connectivity index (χ4n) is 4.88. The first kappa shape index (κ1) is 24.8. The zero-order valence-electron chi connectivity index (χ0n) is 21.2. The van der Waals surface area contributed by atoms with Crippen LogP contribution in [0.1, 0.15) is 39.0 Å². The zero-order valence-corrected chi connectivity index (χ0v) is 21.2. The lowest BCUT2D eigenvalue weighted by atomic mass is 10.0. The van der Waals surface area contributed by atoms with Crippen LogP contribution in [0.25, 0.3) is 22.5 Å². The molecule has 1 atom stereocenters. The molecule has 37 heavy (non-hydrogen) atoms. The van der Waals surface area contributed by atoms with Gasteiger partial charge in [0, 0.05) is 43.3 Å². The Morgan fingerprint density at radius 1 is 1.05 bits per heavy atom. The molecule has 3 aromatic rings. The number of likely N-dealkylation sites (tertiary alicyclic amines) is 1. The molecule has 2 aromatic carbocycles. The minimum atomic E-state index is -0.234. The maximum Gasteiger partial charge on any atom is 0.343 e. The number of anilines is 1. The van der Waals surface area contributed by atoms with Crippen molar-refractivity contribution in [3.05, 3.63) is 59.0 Å². The Kier molecular flexibility index (Phi) is 7.39. The second kappa shape index (κ2) is 11.0. The number of benzene rings is 2. The molecule has 5 rings (SSSR count). The van der Waals surface area contributed by atoms with Crippen LogP contribution >= 0.6 is 0 Å². The fraction of sp³-hybridized carbons (Fsp3) is 0.429. The maximum absolute atomic E-state index is 12.6. The molecule has 1 aromatic heterocycles. The van der Waals surface area contributed by atoms with E-state index in [4.69, 9.17) is 0 Å². The Labute approximate surface area is 216 Å². The smallest absolute Gasteiger partial charge is 0.342 e. The summed E-state index contributed by atoms with van der Waals surface area (Å²) in [4.78, 5) is 39.0. The van der Waals surface area contributed by atoms with E-state index in [0.717, 1.165) is 61.0 Å². The average Bonchev–Trinajstić information content (AvgIpc) is 3.55. The fourth-order valence-corrected chi connectivity index (χ4v) is 4.88. The molecule has 1 saturated heterocycles. The van der Waals surface area contributed by atoms with Crippen molar-refractivity contribution in [2.75, 3.05) is 25.0 Å². The summed E-state index contributed by atoms with van der Waals surface area (Å²) in [7, 11) is 0. The van der Waals surface area contributed by atoms with Crippen LogP contribution < -0.4 is 16.3 Å². The van der Waals surface area contributed by atoms with Gasteiger partial charge in [0.1, 0.15) is 0 Å². The first-order valence-electron chi connectivity index (χ1n) is 13.2. The second-order valence-corrected chi connectivity index (χ2v) is 10.1. The number of aromatic amines is 1. The summed E-state index contributed by atoms with van der Waals surface area (Å²) in [5.74, 6) is 1.34. The predicted molar refractivity (Wildman–Crippen MR) is 143 cm³/mol. The number of nitrogens with one attached hydrogen (secondary N) is 3. The maximum atomic E-state index is 12.6. The van der Waals surface area contributed by atoms with E-state index in [2.05, 4.69) is 27.8 Å². The van der Waals surface area contributed by atoms with Crippen LogP contribution in [0.5, 0.6) is 0 Å². The largest absolute Gasteiger partial charge is 0.343 e. The minimum Gasteiger partial charge on any atom is -0.342 e. The summed E-state index contributed by atoms with van der Waals surface area (Å²) in [5, 5.41) is 12.6. The van der Waals surface area contributed by atoms with Crippen molar-refractivity contribution >= 4 is 17.6 Å². The van der Waals surface area contributed by atoms with E-state index in [0.29, 0.717) is 25.5 Å². The standard InChI is InChI=1S/C28H34N6O3/c1-2-3-14-29-27(36)30-24-6-4-5-23(16-24)20-7-9-21(10-8-20)25-31-32-28(37)34(25)18-19-13-15-33(17-19)26(35)22-11-12-22/h4-10,16,19,22H,2-3,11-15,17-18H2,1H3,(H,32,37)(H2,29,30,36)/t19-/m1/s1. The lowest BCUT2D eigenvalue weighted by Gasteiger charge is -2.16. The first-order valence-corrected chi connectivity index (χ1v) is 13.2. The second-order valence-electron chi connectivity index (χ2n) is 10.1. The summed E-state index contributed by atoms with van der Waals surface area (Å²) in [6.07, 6.45) is 4.89. The van der Waals surface area contributed by atoms with Crippen molar-refractivity contribution < 1.29 is 9.59 Å². The van der Waals surface area contributed by atoms with E-state index in [9.17, 15) is 14.4 Å². The highest BCUT2D eigenvalue weighted by Crippen LogP contribution is 2.33. The van der Waals surface area contributed by atoms with Crippen molar-refractivity contribution in [2.24, 2.45) is 11.8 Å². The van der Waals surface area contributed by atoms with Crippen LogP contribution in [-0.2, 0) is 11.3 Å². The number of carbonyl (C=O) groups excluding carboxylic acids is 2. The Morgan fingerprint density at radius 2 is 1.84 bits per heavy atom. The average molecular weight is 503 g/mol. The van der Waals surface area contributed by atoms with Crippen LogP contribution in [0, 0.1) is 11.8 Å². The van der Waals surface area contributed by atoms with Crippen LogP contribution in [0.3, 0.4) is 0 Å². The molecule has 9 nitrogen and oxygen atoms in total. The van der Waals surface area contributed by atoms with Gasteiger partial charge < -0.3 is 15.5 Å². The molecule has 2 fully saturated rings. The number of H-pyrrole nitrogens is 1. The van der Waals surface area contributed by atoms with Gasteiger partial charge in [-0.15, -0.1) is 0 Å². The predicted octanol–water partition coefficient (Wildman–Crippen LogP) is 4.09. The van der Waals surface area contributed by atoms with Gasteiger partial charge in [0.15, 0.2) is 5.82 Å². The van der Waals surface area contributed by atoms with Crippen molar-refractivity contribution in [3.63, 3.8) is 0 Å². The number of carbonyl (C=O) groups is 2. The van der Waals surface area contributed by atoms with Gasteiger partial charge in [-0.2, -0.15) is 5.10 Å². The molecule has 1 saturated carbocycles. The molecule has 1 aliphatic heterocycles. The normalized spacial score (nSPS) is 17.1. The van der Waals surface area contributed by atoms with Gasteiger partial charge in [-0.3, -0.25) is 9.36 Å². The summed E-state index contributed by atoms with van der Waals surface area (Å²) < 4.78 is 1.69. The van der Waals surface area contributed by atoms with E-state index < -0.39 is 0 Å². The number of nitrogens with zero attached hydrogens (tertiary/aromatic N) is 3. The molecule has 0 spiro atoms. The molecular formula is C28H34N6O3. The summed E-state index contributed by atoms with van der Waals surface area (Å²) in [6.45, 7) is 4.74. The number of hydrogen-bond acceptors (Lipinski definition) is 4. The van der Waals surface area contributed by atoms with Crippen LogP contribution in [0.2, 0.25) is 0 Å². The number of amides is 3. The van der Waals surface area contributed by atoms with Gasteiger partial charge in [-0.1, -0.05) is 49.7 Å². The van der Waals surface area contributed by atoms with Gasteiger partial charge >= 0.3 is 11.7 Å². The monoisotopic (exact) mass is 502 g/mol. The number of aromatic nitrogens is 3. The van der Waals surface area contributed by atoms with Gasteiger partial charge in [0.05, 0.1) is 0 Å². The highest BCUT2D eigenvalue weighted by Gasteiger charge is 2.36. The third-order valence-corrected chi connectivity index (χ3v) is 7.14. The van der Waals surface area contributed by atoms with Gasteiger partial charge in [-0.05, 0) is 54.9 Å². The molecule has 3 amide bonds. The highest BCUT2D eigenvalue weighted by molar-refractivity contribution is 5.90. The van der Waals surface area contributed by atoms with Crippen molar-refractivity contribution in [1.82, 2.24) is 25.0 Å². The minimum absolute atomic E-state index is 0.209. The van der Waals surface area contributed by atoms with Crippen LogP contribution in [-0.4, -0.2) is 51.2 Å². The van der Waals surface area contributed by atoms with E-state index in [-0.39, 0.29) is 29.5 Å². The van der Waals surface area contributed by atoms with E-state index in [1.807, 2.05) is 53.4 Å². The molecule has 3 N–H and O–H groups in total. The summed E-state index contributed by atoms with van der Waals surface area (Å²) in [6, 6.07) is 15.4. The SMILES string of the molecule is CCCCNC(=O)Nc1cccc(-c2ccc(-c3n[nH]c(=O)n3C[C@@H]3CCN(C(=O)C4CC4)C3)cc2)c1. The number of hydrogen-bond donors (Lipinski definition) is 3. The van der Waals surface area contributed by atoms with Crippen LogP contribution in [0.15, 0.2) is 53.3 Å². The van der Waals surface area contributed by atoms with E-state index in [1.54, 1.807) is 4.57 Å². The van der Waals surface area contributed by atoms with Crippen LogP contribution in [0.4, 0.5) is 10.5 Å². The molecular weight excluding hydrogens is 468 g/mol. The number of urea groups is 1. The Bertz CT molecular complexity index is 1310. The molecule has 2 aliphatic rings. The van der Waals surface area contributed by atoms with E-state index in [1.165, 1.54) is 0 Å². The molecule has 0 bridgehead atoms.